The lowest BCUT2D eigenvalue weighted by molar-refractivity contribution is -0.148. The number of carbonyl (C=O) groups excluding carboxylic acids is 2. The van der Waals surface area contributed by atoms with Crippen molar-refractivity contribution < 1.29 is 24.2 Å². The molecular formula is C23H26N2O5. The summed E-state index contributed by atoms with van der Waals surface area (Å²) in [5, 5.41) is 11.7. The fourth-order valence-corrected chi connectivity index (χ4v) is 3.68. The van der Waals surface area contributed by atoms with Gasteiger partial charge in [-0.2, -0.15) is 0 Å². The molecule has 3 rings (SSSR count). The number of hydrogen-bond acceptors (Lipinski definition) is 4. The minimum atomic E-state index is -1.08. The Balaban J connectivity index is 1.56. The summed E-state index contributed by atoms with van der Waals surface area (Å²) < 4.78 is 5.47. The van der Waals surface area contributed by atoms with Crippen LogP contribution in [-0.2, 0) is 14.3 Å². The zero-order chi connectivity index (χ0) is 21.8. The van der Waals surface area contributed by atoms with Crippen LogP contribution in [0.25, 0.3) is 11.1 Å². The monoisotopic (exact) mass is 410 g/mol. The van der Waals surface area contributed by atoms with Gasteiger partial charge >= 0.3 is 12.1 Å². The van der Waals surface area contributed by atoms with Crippen molar-refractivity contribution in [3.8, 4) is 11.1 Å². The fourth-order valence-electron chi connectivity index (χ4n) is 3.68. The van der Waals surface area contributed by atoms with Gasteiger partial charge in [0.05, 0.1) is 0 Å². The molecule has 7 nitrogen and oxygen atoms in total. The van der Waals surface area contributed by atoms with Crippen LogP contribution < -0.4 is 5.32 Å². The van der Waals surface area contributed by atoms with E-state index in [2.05, 4.69) is 17.4 Å². The van der Waals surface area contributed by atoms with Crippen molar-refractivity contribution >= 4 is 18.0 Å². The summed E-state index contributed by atoms with van der Waals surface area (Å²) in [6, 6.07) is 14.7. The predicted molar refractivity (Wildman–Crippen MR) is 112 cm³/mol. The van der Waals surface area contributed by atoms with Gasteiger partial charge < -0.3 is 20.1 Å². The van der Waals surface area contributed by atoms with Crippen LogP contribution in [0.1, 0.15) is 37.3 Å². The first-order valence-corrected chi connectivity index (χ1v) is 9.89. The smallest absolute Gasteiger partial charge is 0.407 e. The second-order valence-electron chi connectivity index (χ2n) is 7.59. The zero-order valence-corrected chi connectivity index (χ0v) is 17.3. The van der Waals surface area contributed by atoms with Crippen LogP contribution in [0.5, 0.6) is 0 Å². The zero-order valence-electron chi connectivity index (χ0n) is 17.3. The third-order valence-electron chi connectivity index (χ3n) is 5.52. The van der Waals surface area contributed by atoms with Gasteiger partial charge in [0.1, 0.15) is 12.6 Å². The summed E-state index contributed by atoms with van der Waals surface area (Å²) in [4.78, 5) is 36.6. The van der Waals surface area contributed by atoms with Crippen LogP contribution in [0.4, 0.5) is 4.79 Å². The van der Waals surface area contributed by atoms with E-state index in [4.69, 9.17) is 9.84 Å². The normalized spacial score (nSPS) is 14.2. The van der Waals surface area contributed by atoms with Crippen molar-refractivity contribution in [3.05, 3.63) is 59.7 Å². The maximum atomic E-state index is 12.3. The van der Waals surface area contributed by atoms with Crippen LogP contribution in [0, 0.1) is 0 Å². The van der Waals surface area contributed by atoms with Crippen molar-refractivity contribution in [1.82, 2.24) is 10.2 Å². The van der Waals surface area contributed by atoms with Gasteiger partial charge in [0, 0.05) is 25.4 Å². The molecule has 0 spiro atoms. The average Bonchev–Trinajstić information content (AvgIpc) is 3.04. The lowest BCUT2D eigenvalue weighted by atomic mass is 9.98. The number of amides is 2. The summed E-state index contributed by atoms with van der Waals surface area (Å²) in [7, 11) is 1.43. The molecule has 2 amide bonds. The molecule has 0 bridgehead atoms. The predicted octanol–water partition coefficient (Wildman–Crippen LogP) is 3.24. The lowest BCUT2D eigenvalue weighted by Gasteiger charge is -2.23. The molecule has 1 aliphatic carbocycles. The number of carboxylic acid groups (broad SMARTS) is 1. The van der Waals surface area contributed by atoms with Crippen molar-refractivity contribution in [2.24, 2.45) is 0 Å². The third-order valence-corrected chi connectivity index (χ3v) is 5.52. The molecule has 7 heteroatoms. The molecule has 2 aromatic rings. The molecule has 2 aromatic carbocycles. The number of nitrogens with zero attached hydrogens (tertiary/aromatic N) is 1. The molecule has 0 radical (unpaired) electrons. The number of ether oxygens (including phenoxy) is 1. The molecule has 158 valence electrons. The number of carboxylic acids is 1. The SMILES string of the molecule is CC(CC(=O)N(C)[C@@H](C)C(=O)O)NC(=O)OCC1c2ccccc2-c2ccccc21. The van der Waals surface area contributed by atoms with Crippen molar-refractivity contribution in [2.75, 3.05) is 13.7 Å². The number of rotatable bonds is 7. The molecule has 0 saturated heterocycles. The second-order valence-corrected chi connectivity index (χ2v) is 7.59. The largest absolute Gasteiger partial charge is 0.480 e. The number of fused-ring (bicyclic) bond motifs is 3. The first-order chi connectivity index (χ1) is 14.3. The molecule has 2 N–H and O–H groups in total. The molecule has 1 aliphatic rings. The van der Waals surface area contributed by atoms with E-state index in [1.165, 1.54) is 14.0 Å². The van der Waals surface area contributed by atoms with Crippen LogP contribution in [0.15, 0.2) is 48.5 Å². The first kappa shape index (κ1) is 21.4. The van der Waals surface area contributed by atoms with E-state index < -0.39 is 24.1 Å². The summed E-state index contributed by atoms with van der Waals surface area (Å²) in [6.45, 7) is 3.30. The van der Waals surface area contributed by atoms with E-state index in [0.717, 1.165) is 27.2 Å². The number of alkyl carbamates (subject to hydrolysis) is 1. The van der Waals surface area contributed by atoms with Crippen LogP contribution in [0.3, 0.4) is 0 Å². The Morgan fingerprint density at radius 2 is 1.57 bits per heavy atom. The highest BCUT2D eigenvalue weighted by Gasteiger charge is 2.29. The molecule has 0 aliphatic heterocycles. The van der Waals surface area contributed by atoms with Gasteiger partial charge in [-0.3, -0.25) is 4.79 Å². The second kappa shape index (κ2) is 8.98. The molecule has 0 aromatic heterocycles. The third kappa shape index (κ3) is 4.45. The van der Waals surface area contributed by atoms with Crippen molar-refractivity contribution in [3.63, 3.8) is 0 Å². The van der Waals surface area contributed by atoms with E-state index in [-0.39, 0.29) is 24.9 Å². The van der Waals surface area contributed by atoms with Crippen molar-refractivity contribution in [2.45, 2.75) is 38.3 Å². The highest BCUT2D eigenvalue weighted by atomic mass is 16.5. The topological polar surface area (TPSA) is 95.9 Å². The maximum Gasteiger partial charge on any atom is 0.407 e. The van der Waals surface area contributed by atoms with E-state index >= 15 is 0 Å². The Kier molecular flexibility index (Phi) is 6.40. The molecule has 0 heterocycles. The summed E-state index contributed by atoms with van der Waals surface area (Å²) in [5.74, 6) is -1.48. The number of nitrogens with one attached hydrogen (secondary N) is 1. The average molecular weight is 410 g/mol. The van der Waals surface area contributed by atoms with Gasteiger partial charge in [-0.25, -0.2) is 9.59 Å². The Morgan fingerprint density at radius 1 is 1.03 bits per heavy atom. The van der Waals surface area contributed by atoms with E-state index in [1.54, 1.807) is 6.92 Å². The van der Waals surface area contributed by atoms with Gasteiger partial charge in [-0.05, 0) is 36.1 Å². The van der Waals surface area contributed by atoms with Gasteiger partial charge in [0.25, 0.3) is 0 Å². The quantitative estimate of drug-likeness (QED) is 0.731. The summed E-state index contributed by atoms with van der Waals surface area (Å²) >= 11 is 0. The molecule has 1 unspecified atom stereocenters. The summed E-state index contributed by atoms with van der Waals surface area (Å²) in [6.07, 6.45) is -0.621. The van der Waals surface area contributed by atoms with Crippen molar-refractivity contribution in [1.29, 1.82) is 0 Å². The molecule has 0 fully saturated rings. The Labute approximate surface area is 175 Å². The molecule has 30 heavy (non-hydrogen) atoms. The molecule has 2 atom stereocenters. The van der Waals surface area contributed by atoms with Gasteiger partial charge in [0.2, 0.25) is 5.91 Å². The molecular weight excluding hydrogens is 384 g/mol. The Hall–Kier alpha value is -3.35. The van der Waals surface area contributed by atoms with Crippen LogP contribution in [0.2, 0.25) is 0 Å². The van der Waals surface area contributed by atoms with E-state index in [1.807, 2.05) is 36.4 Å². The minimum Gasteiger partial charge on any atom is -0.480 e. The van der Waals surface area contributed by atoms with E-state index in [0.29, 0.717) is 0 Å². The Morgan fingerprint density at radius 3 is 2.10 bits per heavy atom. The fraction of sp³-hybridized carbons (Fsp3) is 0.348. The minimum absolute atomic E-state index is 0.0156. The number of benzene rings is 2. The molecule has 0 saturated carbocycles. The van der Waals surface area contributed by atoms with Crippen LogP contribution >= 0.6 is 0 Å². The maximum absolute atomic E-state index is 12.3. The Bertz CT molecular complexity index is 913. The highest BCUT2D eigenvalue weighted by molar-refractivity contribution is 5.84. The lowest BCUT2D eigenvalue weighted by Crippen LogP contribution is -2.43. The van der Waals surface area contributed by atoms with E-state index in [9.17, 15) is 14.4 Å². The first-order valence-electron chi connectivity index (χ1n) is 9.89. The van der Waals surface area contributed by atoms with Gasteiger partial charge in [-0.15, -0.1) is 0 Å². The summed E-state index contributed by atoms with van der Waals surface area (Å²) in [5.41, 5.74) is 4.55. The van der Waals surface area contributed by atoms with Gasteiger partial charge in [0.15, 0.2) is 0 Å². The highest BCUT2D eigenvalue weighted by Crippen LogP contribution is 2.44. The number of aliphatic carboxylic acids is 1. The standard InChI is InChI=1S/C23H26N2O5/c1-14(12-21(26)25(3)15(2)22(27)28)24-23(29)30-13-20-18-10-6-4-8-16(18)17-9-5-7-11-19(17)20/h4-11,14-15,20H,12-13H2,1-3H3,(H,24,29)(H,27,28)/t14?,15-/m0/s1. The number of carbonyl (C=O) groups is 3. The number of hydrogen-bond donors (Lipinski definition) is 2. The van der Waals surface area contributed by atoms with Crippen LogP contribution in [-0.4, -0.2) is 53.7 Å². The number of likely N-dealkylation sites (N-methyl/N-ethyl adjacent to an activating group) is 1. The van der Waals surface area contributed by atoms with Gasteiger partial charge in [-0.1, -0.05) is 48.5 Å².